The minimum atomic E-state index is -0.183. The lowest BCUT2D eigenvalue weighted by Crippen LogP contribution is -2.28. The molecule has 6 heteroatoms. The standard InChI is InChI=1S/C16H21N3O3/c1-12(2)11-17-15(20)6-3-9-19-16(21)8-7-13(18-19)14-5-4-10-22-14/h4-5,7-8,10,12H,3,6,9,11H2,1-2H3,(H,17,20). The molecule has 22 heavy (non-hydrogen) atoms. The Morgan fingerprint density at radius 1 is 1.36 bits per heavy atom. The Hall–Kier alpha value is -2.37. The van der Waals surface area contributed by atoms with Crippen LogP contribution in [0.3, 0.4) is 0 Å². The van der Waals surface area contributed by atoms with Crippen molar-refractivity contribution in [2.24, 2.45) is 5.92 Å². The van der Waals surface area contributed by atoms with Crippen molar-refractivity contribution in [1.82, 2.24) is 15.1 Å². The fourth-order valence-corrected chi connectivity index (χ4v) is 1.96. The monoisotopic (exact) mass is 303 g/mol. The summed E-state index contributed by atoms with van der Waals surface area (Å²) in [6.07, 6.45) is 2.51. The van der Waals surface area contributed by atoms with Crippen molar-refractivity contribution < 1.29 is 9.21 Å². The second kappa shape index (κ2) is 7.59. The summed E-state index contributed by atoms with van der Waals surface area (Å²) in [5.41, 5.74) is 0.423. The molecule has 0 aliphatic carbocycles. The quantitative estimate of drug-likeness (QED) is 0.849. The van der Waals surface area contributed by atoms with Gasteiger partial charge in [-0.2, -0.15) is 5.10 Å². The normalized spacial score (nSPS) is 10.9. The molecule has 118 valence electrons. The number of rotatable bonds is 7. The van der Waals surface area contributed by atoms with Gasteiger partial charge in [-0.05, 0) is 30.5 Å². The van der Waals surface area contributed by atoms with Crippen LogP contribution in [0.1, 0.15) is 26.7 Å². The van der Waals surface area contributed by atoms with E-state index in [2.05, 4.69) is 10.4 Å². The maximum atomic E-state index is 11.8. The Kier molecular flexibility index (Phi) is 5.52. The van der Waals surface area contributed by atoms with E-state index in [4.69, 9.17) is 4.42 Å². The molecule has 2 aromatic heterocycles. The molecule has 0 radical (unpaired) electrons. The van der Waals surface area contributed by atoms with Crippen molar-refractivity contribution in [2.45, 2.75) is 33.2 Å². The Morgan fingerprint density at radius 2 is 2.18 bits per heavy atom. The molecule has 2 heterocycles. The lowest BCUT2D eigenvalue weighted by atomic mass is 10.2. The first-order valence-corrected chi connectivity index (χ1v) is 7.45. The van der Waals surface area contributed by atoms with E-state index in [9.17, 15) is 9.59 Å². The van der Waals surface area contributed by atoms with Crippen LogP contribution in [0.15, 0.2) is 39.7 Å². The molecule has 0 fully saturated rings. The van der Waals surface area contributed by atoms with Crippen LogP contribution in [-0.2, 0) is 11.3 Å². The van der Waals surface area contributed by atoms with Crippen LogP contribution in [0.5, 0.6) is 0 Å². The third-order valence-corrected chi connectivity index (χ3v) is 3.12. The van der Waals surface area contributed by atoms with E-state index in [0.717, 1.165) is 0 Å². The van der Waals surface area contributed by atoms with E-state index in [1.165, 1.54) is 10.7 Å². The molecule has 0 aliphatic heterocycles. The van der Waals surface area contributed by atoms with Gasteiger partial charge in [0.15, 0.2) is 5.76 Å². The third kappa shape index (κ3) is 4.58. The Labute approximate surface area is 129 Å². The number of hydrogen-bond acceptors (Lipinski definition) is 4. The molecule has 0 unspecified atom stereocenters. The van der Waals surface area contributed by atoms with Crippen molar-refractivity contribution in [3.05, 3.63) is 40.9 Å². The lowest BCUT2D eigenvalue weighted by molar-refractivity contribution is -0.121. The van der Waals surface area contributed by atoms with Gasteiger partial charge in [-0.25, -0.2) is 4.68 Å². The number of nitrogens with zero attached hydrogens (tertiary/aromatic N) is 2. The largest absolute Gasteiger partial charge is 0.463 e. The van der Waals surface area contributed by atoms with E-state index in [0.29, 0.717) is 43.3 Å². The average molecular weight is 303 g/mol. The zero-order chi connectivity index (χ0) is 15.9. The minimum absolute atomic E-state index is 0.00365. The van der Waals surface area contributed by atoms with Crippen molar-refractivity contribution in [2.75, 3.05) is 6.54 Å². The van der Waals surface area contributed by atoms with E-state index in [1.807, 2.05) is 13.8 Å². The molecule has 0 spiro atoms. The first kappa shape index (κ1) is 16.0. The van der Waals surface area contributed by atoms with Crippen LogP contribution in [0.4, 0.5) is 0 Å². The van der Waals surface area contributed by atoms with Gasteiger partial charge in [0.25, 0.3) is 5.56 Å². The Morgan fingerprint density at radius 3 is 2.86 bits per heavy atom. The fraction of sp³-hybridized carbons (Fsp3) is 0.438. The highest BCUT2D eigenvalue weighted by molar-refractivity contribution is 5.75. The highest BCUT2D eigenvalue weighted by Gasteiger charge is 2.07. The average Bonchev–Trinajstić information content (AvgIpc) is 3.01. The second-order valence-corrected chi connectivity index (χ2v) is 5.56. The van der Waals surface area contributed by atoms with Gasteiger partial charge in [-0.3, -0.25) is 9.59 Å². The SMILES string of the molecule is CC(C)CNC(=O)CCCn1nc(-c2ccco2)ccc1=O. The van der Waals surface area contributed by atoms with E-state index in [-0.39, 0.29) is 11.5 Å². The van der Waals surface area contributed by atoms with E-state index >= 15 is 0 Å². The lowest BCUT2D eigenvalue weighted by Gasteiger charge is -2.08. The topological polar surface area (TPSA) is 77.1 Å². The first-order valence-electron chi connectivity index (χ1n) is 7.45. The number of furan rings is 1. The molecule has 2 aromatic rings. The molecule has 0 atom stereocenters. The molecular formula is C16H21N3O3. The Balaban J connectivity index is 1.91. The summed E-state index contributed by atoms with van der Waals surface area (Å²) >= 11 is 0. The molecular weight excluding hydrogens is 282 g/mol. The predicted molar refractivity (Wildman–Crippen MR) is 83.3 cm³/mol. The van der Waals surface area contributed by atoms with Gasteiger partial charge in [0.05, 0.1) is 6.26 Å². The molecule has 0 saturated heterocycles. The van der Waals surface area contributed by atoms with Gasteiger partial charge in [-0.1, -0.05) is 13.8 Å². The number of nitrogens with one attached hydrogen (secondary N) is 1. The van der Waals surface area contributed by atoms with Crippen molar-refractivity contribution in [3.8, 4) is 11.5 Å². The molecule has 0 saturated carbocycles. The minimum Gasteiger partial charge on any atom is -0.463 e. The Bertz CT molecular complexity index is 660. The number of aryl methyl sites for hydroxylation is 1. The smallest absolute Gasteiger partial charge is 0.266 e. The molecule has 6 nitrogen and oxygen atoms in total. The summed E-state index contributed by atoms with van der Waals surface area (Å²) in [6.45, 7) is 5.17. The maximum absolute atomic E-state index is 11.8. The summed E-state index contributed by atoms with van der Waals surface area (Å²) < 4.78 is 6.64. The highest BCUT2D eigenvalue weighted by Crippen LogP contribution is 2.15. The van der Waals surface area contributed by atoms with Gasteiger partial charge in [-0.15, -0.1) is 0 Å². The number of hydrogen-bond donors (Lipinski definition) is 1. The van der Waals surface area contributed by atoms with Gasteiger partial charge in [0.2, 0.25) is 5.91 Å². The number of carbonyl (C=O) groups is 1. The zero-order valence-electron chi connectivity index (χ0n) is 12.9. The van der Waals surface area contributed by atoms with Crippen LogP contribution in [0.25, 0.3) is 11.5 Å². The van der Waals surface area contributed by atoms with Gasteiger partial charge >= 0.3 is 0 Å². The van der Waals surface area contributed by atoms with E-state index in [1.54, 1.807) is 24.5 Å². The molecule has 1 N–H and O–H groups in total. The molecule has 2 rings (SSSR count). The van der Waals surface area contributed by atoms with Crippen LogP contribution in [-0.4, -0.2) is 22.2 Å². The van der Waals surface area contributed by atoms with E-state index < -0.39 is 0 Å². The highest BCUT2D eigenvalue weighted by atomic mass is 16.3. The summed E-state index contributed by atoms with van der Waals surface area (Å²) in [6, 6.07) is 6.65. The van der Waals surface area contributed by atoms with Crippen molar-refractivity contribution >= 4 is 5.91 Å². The summed E-state index contributed by atoms with van der Waals surface area (Å²) in [5.74, 6) is 1.05. The van der Waals surface area contributed by atoms with Crippen LogP contribution in [0.2, 0.25) is 0 Å². The van der Waals surface area contributed by atoms with Gasteiger partial charge < -0.3 is 9.73 Å². The first-order chi connectivity index (χ1) is 10.6. The van der Waals surface area contributed by atoms with Gasteiger partial charge in [0, 0.05) is 25.6 Å². The second-order valence-electron chi connectivity index (χ2n) is 5.56. The molecule has 0 aromatic carbocycles. The molecule has 0 bridgehead atoms. The number of amides is 1. The van der Waals surface area contributed by atoms with Gasteiger partial charge in [0.1, 0.15) is 5.69 Å². The summed E-state index contributed by atoms with van der Waals surface area (Å²) in [5, 5.41) is 7.12. The van der Waals surface area contributed by atoms with Crippen LogP contribution in [0, 0.1) is 5.92 Å². The van der Waals surface area contributed by atoms with Crippen LogP contribution >= 0.6 is 0 Å². The molecule has 1 amide bonds. The zero-order valence-corrected chi connectivity index (χ0v) is 12.9. The predicted octanol–water partition coefficient (Wildman–Crippen LogP) is 2.06. The van der Waals surface area contributed by atoms with Crippen LogP contribution < -0.4 is 10.9 Å². The number of carbonyl (C=O) groups excluding carboxylic acids is 1. The van der Waals surface area contributed by atoms with Crippen molar-refractivity contribution in [3.63, 3.8) is 0 Å². The summed E-state index contributed by atoms with van der Waals surface area (Å²) in [4.78, 5) is 23.4. The maximum Gasteiger partial charge on any atom is 0.266 e. The van der Waals surface area contributed by atoms with Crippen molar-refractivity contribution in [1.29, 1.82) is 0 Å². The number of aromatic nitrogens is 2. The fourth-order valence-electron chi connectivity index (χ4n) is 1.96. The molecule has 0 aliphatic rings. The third-order valence-electron chi connectivity index (χ3n) is 3.12. The summed E-state index contributed by atoms with van der Waals surface area (Å²) in [7, 11) is 0.